The summed E-state index contributed by atoms with van der Waals surface area (Å²) in [5, 5.41) is 0. The highest BCUT2D eigenvalue weighted by Gasteiger charge is 2.12. The van der Waals surface area contributed by atoms with Crippen molar-refractivity contribution in [1.82, 2.24) is 19.1 Å². The minimum Gasteiger partial charge on any atom is -0.279 e. The van der Waals surface area contributed by atoms with E-state index < -0.39 is 0 Å². The lowest BCUT2D eigenvalue weighted by atomic mass is 10.4. The first-order valence-electron chi connectivity index (χ1n) is 5.23. The highest BCUT2D eigenvalue weighted by atomic mass is 16.1. The molecule has 0 saturated carbocycles. The third-order valence-electron chi connectivity index (χ3n) is 2.68. The van der Waals surface area contributed by atoms with Crippen LogP contribution in [0.15, 0.2) is 47.5 Å². The van der Waals surface area contributed by atoms with E-state index in [9.17, 15) is 4.79 Å². The summed E-state index contributed by atoms with van der Waals surface area (Å²) in [5.74, 6) is 0.608. The second-order valence-corrected chi connectivity index (χ2v) is 3.71. The van der Waals surface area contributed by atoms with Gasteiger partial charge in [-0.3, -0.25) is 4.57 Å². The number of aryl methyl sites for hydroxylation is 1. The Morgan fingerprint density at radius 1 is 1.06 bits per heavy atom. The molecule has 0 aliphatic rings. The molecule has 0 atom stereocenters. The molecule has 5 nitrogen and oxygen atoms in total. The SMILES string of the molecule is Cn1c(=O)n(-c2ccccn2)c2cccnc21. The van der Waals surface area contributed by atoms with Crippen LogP contribution in [0.4, 0.5) is 0 Å². The highest BCUT2D eigenvalue weighted by Crippen LogP contribution is 2.12. The highest BCUT2D eigenvalue weighted by molar-refractivity contribution is 5.73. The van der Waals surface area contributed by atoms with Gasteiger partial charge in [-0.1, -0.05) is 6.07 Å². The normalized spacial score (nSPS) is 10.9. The molecular formula is C12H10N4O. The van der Waals surface area contributed by atoms with Crippen LogP contribution < -0.4 is 5.69 Å². The first-order chi connectivity index (χ1) is 8.29. The molecule has 0 spiro atoms. The fourth-order valence-electron chi connectivity index (χ4n) is 1.87. The number of nitrogens with zero attached hydrogens (tertiary/aromatic N) is 4. The van der Waals surface area contributed by atoms with Crippen LogP contribution in [0.25, 0.3) is 17.0 Å². The number of fused-ring (bicyclic) bond motifs is 1. The Hall–Kier alpha value is -2.43. The van der Waals surface area contributed by atoms with E-state index in [4.69, 9.17) is 0 Å². The molecule has 3 rings (SSSR count). The first-order valence-corrected chi connectivity index (χ1v) is 5.23. The van der Waals surface area contributed by atoms with Crippen LogP contribution in [0, 0.1) is 0 Å². The van der Waals surface area contributed by atoms with E-state index in [-0.39, 0.29) is 5.69 Å². The number of hydrogen-bond donors (Lipinski definition) is 0. The predicted octanol–water partition coefficient (Wildman–Crippen LogP) is 1.12. The van der Waals surface area contributed by atoms with Crippen LogP contribution in [-0.4, -0.2) is 19.1 Å². The summed E-state index contributed by atoms with van der Waals surface area (Å²) in [4.78, 5) is 20.5. The van der Waals surface area contributed by atoms with Crippen LogP contribution >= 0.6 is 0 Å². The average Bonchev–Trinajstić information content (AvgIpc) is 2.64. The third kappa shape index (κ3) is 1.36. The summed E-state index contributed by atoms with van der Waals surface area (Å²) < 4.78 is 3.08. The lowest BCUT2D eigenvalue weighted by Crippen LogP contribution is -2.21. The number of imidazole rings is 1. The van der Waals surface area contributed by atoms with Gasteiger partial charge in [0.2, 0.25) is 0 Å². The lowest BCUT2D eigenvalue weighted by molar-refractivity contribution is 0.828. The van der Waals surface area contributed by atoms with Gasteiger partial charge in [-0.15, -0.1) is 0 Å². The Morgan fingerprint density at radius 2 is 1.88 bits per heavy atom. The van der Waals surface area contributed by atoms with Gasteiger partial charge in [0, 0.05) is 19.4 Å². The summed E-state index contributed by atoms with van der Waals surface area (Å²) in [6.45, 7) is 0. The van der Waals surface area contributed by atoms with Gasteiger partial charge in [0.1, 0.15) is 5.82 Å². The maximum Gasteiger partial charge on any atom is 0.335 e. The van der Waals surface area contributed by atoms with Crippen LogP contribution in [-0.2, 0) is 7.05 Å². The van der Waals surface area contributed by atoms with Crippen molar-refractivity contribution in [3.63, 3.8) is 0 Å². The van der Waals surface area contributed by atoms with Crippen LogP contribution in [0.1, 0.15) is 0 Å². The Balaban J connectivity index is 2.45. The van der Waals surface area contributed by atoms with Gasteiger partial charge in [0.05, 0.1) is 5.52 Å². The Kier molecular flexibility index (Phi) is 2.04. The summed E-state index contributed by atoms with van der Waals surface area (Å²) >= 11 is 0. The van der Waals surface area contributed by atoms with Crippen LogP contribution in [0.3, 0.4) is 0 Å². The molecule has 3 aromatic rings. The minimum absolute atomic E-state index is 0.141. The molecule has 0 amide bonds. The summed E-state index contributed by atoms with van der Waals surface area (Å²) in [6.07, 6.45) is 3.33. The van der Waals surface area contributed by atoms with Gasteiger partial charge in [-0.2, -0.15) is 0 Å². The smallest absolute Gasteiger partial charge is 0.279 e. The number of pyridine rings is 2. The molecule has 3 aromatic heterocycles. The van der Waals surface area contributed by atoms with Gasteiger partial charge < -0.3 is 0 Å². The molecule has 0 radical (unpaired) electrons. The largest absolute Gasteiger partial charge is 0.335 e. The quantitative estimate of drug-likeness (QED) is 0.624. The molecule has 0 aliphatic carbocycles. The number of hydrogen-bond acceptors (Lipinski definition) is 3. The van der Waals surface area contributed by atoms with Gasteiger partial charge in [-0.25, -0.2) is 19.3 Å². The van der Waals surface area contributed by atoms with Crippen molar-refractivity contribution >= 4 is 11.2 Å². The standard InChI is InChI=1S/C12H10N4O/c1-15-11-9(5-4-8-14-11)16(12(15)17)10-6-2-3-7-13-10/h2-8H,1H3. The van der Waals surface area contributed by atoms with Gasteiger partial charge in [0.25, 0.3) is 0 Å². The Morgan fingerprint density at radius 3 is 2.65 bits per heavy atom. The van der Waals surface area contributed by atoms with Crippen LogP contribution in [0.2, 0.25) is 0 Å². The average molecular weight is 226 g/mol. The van der Waals surface area contributed by atoms with Gasteiger partial charge in [-0.05, 0) is 24.3 Å². The second kappa shape index (κ2) is 3.55. The van der Waals surface area contributed by atoms with E-state index in [1.54, 1.807) is 36.1 Å². The summed E-state index contributed by atoms with van der Waals surface area (Å²) in [5.41, 5.74) is 1.28. The molecule has 84 valence electrons. The Bertz CT molecular complexity index is 727. The Labute approximate surface area is 97.0 Å². The summed E-state index contributed by atoms with van der Waals surface area (Å²) in [7, 11) is 1.71. The molecule has 0 fully saturated rings. The zero-order valence-corrected chi connectivity index (χ0v) is 9.24. The molecule has 0 unspecified atom stereocenters. The van der Waals surface area contributed by atoms with E-state index in [2.05, 4.69) is 9.97 Å². The van der Waals surface area contributed by atoms with Crippen molar-refractivity contribution in [3.05, 3.63) is 53.2 Å². The van der Waals surface area contributed by atoms with Crippen molar-refractivity contribution < 1.29 is 0 Å². The predicted molar refractivity (Wildman–Crippen MR) is 64.1 cm³/mol. The molecule has 0 aliphatic heterocycles. The molecule has 17 heavy (non-hydrogen) atoms. The van der Waals surface area contributed by atoms with Crippen molar-refractivity contribution in [2.24, 2.45) is 7.05 Å². The van der Waals surface area contributed by atoms with E-state index in [1.807, 2.05) is 18.2 Å². The lowest BCUT2D eigenvalue weighted by Gasteiger charge is -2.00. The van der Waals surface area contributed by atoms with Crippen molar-refractivity contribution in [2.45, 2.75) is 0 Å². The molecule has 3 heterocycles. The maximum absolute atomic E-state index is 12.1. The zero-order valence-electron chi connectivity index (χ0n) is 9.24. The van der Waals surface area contributed by atoms with E-state index in [1.165, 1.54) is 4.57 Å². The third-order valence-corrected chi connectivity index (χ3v) is 2.68. The topological polar surface area (TPSA) is 52.7 Å². The zero-order chi connectivity index (χ0) is 11.8. The van der Waals surface area contributed by atoms with Gasteiger partial charge >= 0.3 is 5.69 Å². The second-order valence-electron chi connectivity index (χ2n) is 3.71. The summed E-state index contributed by atoms with van der Waals surface area (Å²) in [6, 6.07) is 9.13. The first kappa shape index (κ1) is 9.77. The monoisotopic (exact) mass is 226 g/mol. The minimum atomic E-state index is -0.141. The number of aromatic nitrogens is 4. The maximum atomic E-state index is 12.1. The van der Waals surface area contributed by atoms with Crippen molar-refractivity contribution in [3.8, 4) is 5.82 Å². The van der Waals surface area contributed by atoms with E-state index in [0.29, 0.717) is 11.5 Å². The van der Waals surface area contributed by atoms with E-state index in [0.717, 1.165) is 5.52 Å². The fraction of sp³-hybridized carbons (Fsp3) is 0.0833. The molecule has 0 N–H and O–H groups in total. The van der Waals surface area contributed by atoms with Crippen LogP contribution in [0.5, 0.6) is 0 Å². The molecule has 0 bridgehead atoms. The fourth-order valence-corrected chi connectivity index (χ4v) is 1.87. The number of rotatable bonds is 1. The van der Waals surface area contributed by atoms with E-state index >= 15 is 0 Å². The van der Waals surface area contributed by atoms with Crippen molar-refractivity contribution in [2.75, 3.05) is 0 Å². The van der Waals surface area contributed by atoms with Crippen molar-refractivity contribution in [1.29, 1.82) is 0 Å². The molecule has 0 saturated heterocycles. The molecular weight excluding hydrogens is 216 g/mol. The molecule has 5 heteroatoms. The van der Waals surface area contributed by atoms with Gasteiger partial charge in [0.15, 0.2) is 5.65 Å². The molecule has 0 aromatic carbocycles.